The smallest absolute Gasteiger partial charge is 0.383 e. The molecule has 2 unspecified atom stereocenters. The van der Waals surface area contributed by atoms with Crippen LogP contribution in [-0.2, 0) is 0 Å². The number of aliphatic hydroxyl groups is 1. The van der Waals surface area contributed by atoms with Crippen molar-refractivity contribution in [1.29, 1.82) is 0 Å². The number of hydrogen-bond donors (Lipinski definition) is 1. The molecule has 4 aliphatic carbocycles. The first-order valence-corrected chi connectivity index (χ1v) is 12.0. The van der Waals surface area contributed by atoms with Crippen molar-refractivity contribution in [1.82, 2.24) is 0 Å². The molecule has 0 radical (unpaired) electrons. The Balaban J connectivity index is 1.55. The van der Waals surface area contributed by atoms with E-state index in [4.69, 9.17) is 0 Å². The Hall–Kier alpha value is -0.250. The minimum absolute atomic E-state index is 0.0131. The van der Waals surface area contributed by atoms with Crippen molar-refractivity contribution in [2.45, 2.75) is 105 Å². The van der Waals surface area contributed by atoms with Crippen molar-refractivity contribution in [2.75, 3.05) is 0 Å². The van der Waals surface area contributed by atoms with E-state index in [1.807, 2.05) is 0 Å². The molecule has 9 atom stereocenters. The first-order valence-electron chi connectivity index (χ1n) is 12.0. The third kappa shape index (κ3) is 3.38. The van der Waals surface area contributed by atoms with Gasteiger partial charge in [-0.1, -0.05) is 34.6 Å². The van der Waals surface area contributed by atoms with E-state index in [1.165, 1.54) is 38.5 Å². The van der Waals surface area contributed by atoms with Gasteiger partial charge < -0.3 is 5.11 Å². The Bertz CT molecular complexity index is 628. The summed E-state index contributed by atoms with van der Waals surface area (Å²) in [7, 11) is 0. The summed E-state index contributed by atoms with van der Waals surface area (Å²) in [5.41, 5.74) is 0.848. The summed E-state index contributed by atoms with van der Waals surface area (Å²) < 4.78 is 39.7. The normalized spacial score (nSPS) is 48.9. The van der Waals surface area contributed by atoms with E-state index in [0.717, 1.165) is 31.1 Å². The average molecular weight is 415 g/mol. The standard InChI is InChI=1S/C25H41F3O/c1-15(21(29)25(26,27)28)18-8-9-19-17-7-6-16-14-22(2,3)12-13-23(16,4)20(17)10-11-24(18,19)5/h15-21,29H,6-14H2,1-5H3/t15-,16+,17?,18+,19-,20-,21+,23?,24+/m0/s1. The number of hydrogen-bond acceptors (Lipinski definition) is 1. The number of halogens is 3. The maximum Gasteiger partial charge on any atom is 0.414 e. The molecule has 4 saturated carbocycles. The zero-order chi connectivity index (χ0) is 21.4. The fourth-order valence-electron chi connectivity index (χ4n) is 9.06. The zero-order valence-electron chi connectivity index (χ0n) is 19.0. The van der Waals surface area contributed by atoms with Crippen LogP contribution < -0.4 is 0 Å². The summed E-state index contributed by atoms with van der Waals surface area (Å²) in [4.78, 5) is 0. The molecule has 168 valence electrons. The number of fused-ring (bicyclic) bond motifs is 5. The highest BCUT2D eigenvalue weighted by Crippen LogP contribution is 2.69. The highest BCUT2D eigenvalue weighted by Gasteiger charge is 2.62. The van der Waals surface area contributed by atoms with E-state index >= 15 is 0 Å². The molecule has 0 aromatic carbocycles. The molecule has 29 heavy (non-hydrogen) atoms. The minimum atomic E-state index is -4.51. The molecule has 4 heteroatoms. The van der Waals surface area contributed by atoms with Gasteiger partial charge in [0.2, 0.25) is 0 Å². The predicted octanol–water partition coefficient (Wildman–Crippen LogP) is 7.23. The minimum Gasteiger partial charge on any atom is -0.383 e. The second-order valence-corrected chi connectivity index (χ2v) is 12.6. The summed E-state index contributed by atoms with van der Waals surface area (Å²) in [5.74, 6) is 2.07. The van der Waals surface area contributed by atoms with Crippen LogP contribution in [0.15, 0.2) is 0 Å². The van der Waals surface area contributed by atoms with Gasteiger partial charge in [0.1, 0.15) is 0 Å². The molecule has 0 spiro atoms. The number of aliphatic hydroxyl groups excluding tert-OH is 1. The van der Waals surface area contributed by atoms with Gasteiger partial charge in [0, 0.05) is 0 Å². The van der Waals surface area contributed by atoms with Crippen molar-refractivity contribution in [2.24, 2.45) is 51.8 Å². The maximum atomic E-state index is 13.2. The number of rotatable bonds is 2. The summed E-state index contributed by atoms with van der Waals surface area (Å²) in [6, 6.07) is 0. The molecule has 0 aromatic rings. The highest BCUT2D eigenvalue weighted by atomic mass is 19.4. The van der Waals surface area contributed by atoms with Crippen LogP contribution in [0.1, 0.15) is 92.4 Å². The maximum absolute atomic E-state index is 13.2. The lowest BCUT2D eigenvalue weighted by Gasteiger charge is -2.62. The van der Waals surface area contributed by atoms with E-state index in [1.54, 1.807) is 6.92 Å². The van der Waals surface area contributed by atoms with Crippen LogP contribution >= 0.6 is 0 Å². The molecule has 0 amide bonds. The Morgan fingerprint density at radius 2 is 1.48 bits per heavy atom. The molecule has 4 aliphatic rings. The lowest BCUT2D eigenvalue weighted by molar-refractivity contribution is -0.228. The van der Waals surface area contributed by atoms with Gasteiger partial charge in [0.05, 0.1) is 0 Å². The van der Waals surface area contributed by atoms with Gasteiger partial charge in [0.25, 0.3) is 0 Å². The quantitative estimate of drug-likeness (QED) is 0.505. The molecule has 0 heterocycles. The van der Waals surface area contributed by atoms with Crippen molar-refractivity contribution >= 4 is 0 Å². The molecule has 0 aromatic heterocycles. The fourth-order valence-corrected chi connectivity index (χ4v) is 9.06. The van der Waals surface area contributed by atoms with Gasteiger partial charge >= 0.3 is 6.18 Å². The second kappa shape index (κ2) is 6.87. The van der Waals surface area contributed by atoms with E-state index in [0.29, 0.717) is 22.7 Å². The Morgan fingerprint density at radius 3 is 2.14 bits per heavy atom. The topological polar surface area (TPSA) is 20.2 Å². The molecule has 1 nitrogen and oxygen atoms in total. The molecule has 0 aliphatic heterocycles. The summed E-state index contributed by atoms with van der Waals surface area (Å²) in [5, 5.41) is 9.97. The van der Waals surface area contributed by atoms with Crippen molar-refractivity contribution < 1.29 is 18.3 Å². The van der Waals surface area contributed by atoms with Gasteiger partial charge in [-0.05, 0) is 110 Å². The predicted molar refractivity (Wildman–Crippen MR) is 110 cm³/mol. The van der Waals surface area contributed by atoms with E-state index < -0.39 is 18.2 Å². The van der Waals surface area contributed by atoms with Crippen LogP contribution in [0.25, 0.3) is 0 Å². The zero-order valence-corrected chi connectivity index (χ0v) is 19.0. The van der Waals surface area contributed by atoms with Gasteiger partial charge in [-0.15, -0.1) is 0 Å². The van der Waals surface area contributed by atoms with Crippen LogP contribution in [0.2, 0.25) is 0 Å². The fraction of sp³-hybridized carbons (Fsp3) is 1.00. The van der Waals surface area contributed by atoms with Crippen LogP contribution in [0.4, 0.5) is 13.2 Å². The Morgan fingerprint density at radius 1 is 0.828 bits per heavy atom. The molecule has 4 fully saturated rings. The molecular formula is C25H41F3O. The molecule has 1 N–H and O–H groups in total. The molecule has 0 bridgehead atoms. The lowest BCUT2D eigenvalue weighted by Crippen LogP contribution is -2.55. The highest BCUT2D eigenvalue weighted by molar-refractivity contribution is 5.10. The Labute approximate surface area is 175 Å². The first kappa shape index (κ1) is 22.0. The van der Waals surface area contributed by atoms with Gasteiger partial charge in [-0.3, -0.25) is 0 Å². The summed E-state index contributed by atoms with van der Waals surface area (Å²) >= 11 is 0. The van der Waals surface area contributed by atoms with Crippen molar-refractivity contribution in [3.8, 4) is 0 Å². The third-order valence-electron chi connectivity index (χ3n) is 10.7. The Kier molecular flexibility index (Phi) is 5.21. The van der Waals surface area contributed by atoms with E-state index in [2.05, 4.69) is 27.7 Å². The van der Waals surface area contributed by atoms with Crippen LogP contribution in [0.3, 0.4) is 0 Å². The third-order valence-corrected chi connectivity index (χ3v) is 10.7. The first-order chi connectivity index (χ1) is 13.3. The van der Waals surface area contributed by atoms with Gasteiger partial charge in [-0.25, -0.2) is 0 Å². The SMILES string of the molecule is C[C@H]([C@@H](O)C(F)(F)F)[C@H]1CC[C@H]2C3CC[C@@H]4CC(C)(C)CCC4(C)[C@H]3CC[C@]12C. The summed E-state index contributed by atoms with van der Waals surface area (Å²) in [6.45, 7) is 11.3. The largest absolute Gasteiger partial charge is 0.414 e. The van der Waals surface area contributed by atoms with Gasteiger partial charge in [-0.2, -0.15) is 13.2 Å². The van der Waals surface area contributed by atoms with E-state index in [-0.39, 0.29) is 11.3 Å². The van der Waals surface area contributed by atoms with Crippen LogP contribution in [-0.4, -0.2) is 17.4 Å². The van der Waals surface area contributed by atoms with Crippen molar-refractivity contribution in [3.63, 3.8) is 0 Å². The number of alkyl halides is 3. The van der Waals surface area contributed by atoms with Crippen LogP contribution in [0.5, 0.6) is 0 Å². The second-order valence-electron chi connectivity index (χ2n) is 12.6. The molecule has 0 saturated heterocycles. The average Bonchev–Trinajstić information content (AvgIpc) is 2.97. The summed E-state index contributed by atoms with van der Waals surface area (Å²) in [6.07, 6.45) is 3.98. The van der Waals surface area contributed by atoms with E-state index in [9.17, 15) is 18.3 Å². The monoisotopic (exact) mass is 414 g/mol. The van der Waals surface area contributed by atoms with Crippen molar-refractivity contribution in [3.05, 3.63) is 0 Å². The lowest BCUT2D eigenvalue weighted by atomic mass is 9.43. The molecule has 4 rings (SSSR count). The molecular weight excluding hydrogens is 373 g/mol. The van der Waals surface area contributed by atoms with Gasteiger partial charge in [0.15, 0.2) is 6.10 Å². The van der Waals surface area contributed by atoms with Crippen LogP contribution in [0, 0.1) is 51.8 Å².